The molecule has 0 atom stereocenters. The summed E-state index contributed by atoms with van der Waals surface area (Å²) < 4.78 is 0.807. The molecule has 0 aliphatic heterocycles. The lowest BCUT2D eigenvalue weighted by molar-refractivity contribution is 0.0950. The van der Waals surface area contributed by atoms with Crippen LogP contribution >= 0.6 is 15.9 Å². The Morgan fingerprint density at radius 2 is 2.24 bits per heavy atom. The summed E-state index contributed by atoms with van der Waals surface area (Å²) in [5.41, 5.74) is 4.02. The molecule has 0 aliphatic rings. The number of nitrogens with zero attached hydrogens (tertiary/aromatic N) is 2. The zero-order valence-corrected chi connectivity index (χ0v) is 13.2. The summed E-state index contributed by atoms with van der Waals surface area (Å²) >= 11 is 3.30. The van der Waals surface area contributed by atoms with Gasteiger partial charge in [0.1, 0.15) is 5.75 Å². The molecule has 0 radical (unpaired) electrons. The molecule has 7 heteroatoms. The summed E-state index contributed by atoms with van der Waals surface area (Å²) in [6, 6.07) is 6.63. The van der Waals surface area contributed by atoms with Crippen molar-refractivity contribution in [2.45, 2.75) is 19.8 Å². The second-order valence-corrected chi connectivity index (χ2v) is 5.68. The number of rotatable bonds is 4. The van der Waals surface area contributed by atoms with Crippen molar-refractivity contribution in [3.63, 3.8) is 0 Å². The van der Waals surface area contributed by atoms with Crippen molar-refractivity contribution in [1.82, 2.24) is 15.6 Å². The van der Waals surface area contributed by atoms with Crippen LogP contribution in [0, 0.1) is 0 Å². The summed E-state index contributed by atoms with van der Waals surface area (Å²) in [4.78, 5) is 11.8. The lowest BCUT2D eigenvalue weighted by Gasteiger charge is -1.99. The number of carbonyl (C=O) groups is 1. The fourth-order valence-electron chi connectivity index (χ4n) is 1.60. The van der Waals surface area contributed by atoms with Crippen LogP contribution in [0.3, 0.4) is 0 Å². The van der Waals surface area contributed by atoms with Gasteiger partial charge in [-0.25, -0.2) is 5.43 Å². The van der Waals surface area contributed by atoms with E-state index in [1.807, 2.05) is 13.8 Å². The largest absolute Gasteiger partial charge is 0.507 e. The van der Waals surface area contributed by atoms with Crippen molar-refractivity contribution in [3.05, 3.63) is 45.7 Å². The van der Waals surface area contributed by atoms with Crippen LogP contribution in [-0.4, -0.2) is 27.4 Å². The number of H-pyrrole nitrogens is 1. The molecule has 0 spiro atoms. The van der Waals surface area contributed by atoms with E-state index < -0.39 is 5.91 Å². The highest BCUT2D eigenvalue weighted by Crippen LogP contribution is 2.19. The molecule has 3 N–H and O–H groups in total. The number of phenolic OH excluding ortho intramolecular Hbond substituents is 1. The number of nitrogens with one attached hydrogen (secondary N) is 2. The Morgan fingerprint density at radius 1 is 1.48 bits per heavy atom. The Balaban J connectivity index is 2.03. The number of hydrogen-bond donors (Lipinski definition) is 3. The van der Waals surface area contributed by atoms with Gasteiger partial charge in [0.05, 0.1) is 6.21 Å². The summed E-state index contributed by atoms with van der Waals surface area (Å²) in [5.74, 6) is -0.0666. The summed E-state index contributed by atoms with van der Waals surface area (Å²) in [5, 5.41) is 20.2. The first kappa shape index (κ1) is 15.2. The second kappa shape index (κ2) is 6.53. The van der Waals surface area contributed by atoms with Crippen LogP contribution in [0.15, 0.2) is 33.8 Å². The topological polar surface area (TPSA) is 90.4 Å². The maximum absolute atomic E-state index is 11.8. The SMILES string of the molecule is CC(C)c1cc(C(=O)N/N=C\c2cc(Br)ccc2O)n[nH]1. The minimum absolute atomic E-state index is 0.0815. The number of hydrazone groups is 1. The summed E-state index contributed by atoms with van der Waals surface area (Å²) in [6.45, 7) is 4.01. The monoisotopic (exact) mass is 350 g/mol. The third kappa shape index (κ3) is 3.91. The quantitative estimate of drug-likeness (QED) is 0.584. The van der Waals surface area contributed by atoms with Crippen LogP contribution in [0.1, 0.15) is 41.5 Å². The number of aromatic nitrogens is 2. The lowest BCUT2D eigenvalue weighted by Crippen LogP contribution is -2.18. The molecular formula is C14H15BrN4O2. The Morgan fingerprint density at radius 3 is 2.90 bits per heavy atom. The van der Waals surface area contributed by atoms with Crippen molar-refractivity contribution >= 4 is 28.1 Å². The Labute approximate surface area is 130 Å². The fraction of sp³-hybridized carbons (Fsp3) is 0.214. The van der Waals surface area contributed by atoms with Gasteiger partial charge in [0.25, 0.3) is 5.91 Å². The standard InChI is InChI=1S/C14H15BrN4O2/c1-8(2)11-6-12(18-17-11)14(21)19-16-7-9-5-10(15)3-4-13(9)20/h3-8,20H,1-2H3,(H,17,18)(H,19,21)/b16-7-. The predicted molar refractivity (Wildman–Crippen MR) is 83.5 cm³/mol. The Bertz CT molecular complexity index is 679. The average molecular weight is 351 g/mol. The molecule has 1 aromatic carbocycles. The highest BCUT2D eigenvalue weighted by atomic mass is 79.9. The molecule has 6 nitrogen and oxygen atoms in total. The van der Waals surface area contributed by atoms with Crippen LogP contribution in [0.2, 0.25) is 0 Å². The summed E-state index contributed by atoms with van der Waals surface area (Å²) in [7, 11) is 0. The molecule has 110 valence electrons. The van der Waals surface area contributed by atoms with Gasteiger partial charge >= 0.3 is 0 Å². The zero-order valence-electron chi connectivity index (χ0n) is 11.6. The molecule has 1 amide bonds. The Kier molecular flexibility index (Phi) is 4.74. The van der Waals surface area contributed by atoms with Crippen LogP contribution in [0.5, 0.6) is 5.75 Å². The minimum Gasteiger partial charge on any atom is -0.507 e. The van der Waals surface area contributed by atoms with E-state index in [1.54, 1.807) is 18.2 Å². The average Bonchev–Trinajstić information content (AvgIpc) is 2.92. The molecule has 1 aromatic heterocycles. The van der Waals surface area contributed by atoms with Gasteiger partial charge in [-0.1, -0.05) is 29.8 Å². The van der Waals surface area contributed by atoms with Gasteiger partial charge in [-0.15, -0.1) is 0 Å². The van der Waals surface area contributed by atoms with E-state index in [1.165, 1.54) is 12.3 Å². The summed E-state index contributed by atoms with van der Waals surface area (Å²) in [6.07, 6.45) is 1.37. The van der Waals surface area contributed by atoms with E-state index in [-0.39, 0.29) is 17.4 Å². The number of hydrogen-bond acceptors (Lipinski definition) is 4. The lowest BCUT2D eigenvalue weighted by atomic mass is 10.1. The van der Waals surface area contributed by atoms with Crippen molar-refractivity contribution in [2.24, 2.45) is 5.10 Å². The molecule has 0 saturated carbocycles. The van der Waals surface area contributed by atoms with Crippen molar-refractivity contribution in [1.29, 1.82) is 0 Å². The van der Waals surface area contributed by atoms with Crippen molar-refractivity contribution in [3.8, 4) is 5.75 Å². The number of amides is 1. The molecular weight excluding hydrogens is 336 g/mol. The maximum atomic E-state index is 11.8. The van der Waals surface area contributed by atoms with Gasteiger partial charge in [-0.3, -0.25) is 9.89 Å². The molecule has 1 heterocycles. The maximum Gasteiger partial charge on any atom is 0.291 e. The van der Waals surface area contributed by atoms with Gasteiger partial charge in [0.15, 0.2) is 5.69 Å². The van der Waals surface area contributed by atoms with Crippen molar-refractivity contribution < 1.29 is 9.90 Å². The normalized spacial score (nSPS) is 11.2. The molecule has 21 heavy (non-hydrogen) atoms. The first-order valence-corrected chi connectivity index (χ1v) is 7.14. The van der Waals surface area contributed by atoms with Crippen LogP contribution < -0.4 is 5.43 Å². The van der Waals surface area contributed by atoms with E-state index in [4.69, 9.17) is 0 Å². The second-order valence-electron chi connectivity index (χ2n) is 4.77. The number of halogens is 1. The third-order valence-electron chi connectivity index (χ3n) is 2.81. The van der Waals surface area contributed by atoms with Gasteiger partial charge in [0, 0.05) is 15.7 Å². The number of aromatic amines is 1. The predicted octanol–water partition coefficient (Wildman–Crippen LogP) is 2.77. The molecule has 0 aliphatic carbocycles. The smallest absolute Gasteiger partial charge is 0.291 e. The van der Waals surface area contributed by atoms with Gasteiger partial charge in [0.2, 0.25) is 0 Å². The number of benzene rings is 1. The first-order chi connectivity index (χ1) is 9.97. The third-order valence-corrected chi connectivity index (χ3v) is 3.30. The zero-order chi connectivity index (χ0) is 15.4. The van der Waals surface area contributed by atoms with E-state index in [9.17, 15) is 9.90 Å². The molecule has 0 fully saturated rings. The molecule has 0 unspecified atom stereocenters. The first-order valence-electron chi connectivity index (χ1n) is 6.34. The van der Waals surface area contributed by atoms with Gasteiger partial charge in [-0.2, -0.15) is 10.2 Å². The molecule has 2 aromatic rings. The van der Waals surface area contributed by atoms with E-state index in [0.29, 0.717) is 5.56 Å². The van der Waals surface area contributed by atoms with Crippen LogP contribution in [0.25, 0.3) is 0 Å². The van der Waals surface area contributed by atoms with Crippen LogP contribution in [-0.2, 0) is 0 Å². The van der Waals surface area contributed by atoms with E-state index in [0.717, 1.165) is 10.2 Å². The van der Waals surface area contributed by atoms with E-state index >= 15 is 0 Å². The molecule has 2 rings (SSSR count). The fourth-order valence-corrected chi connectivity index (χ4v) is 1.97. The minimum atomic E-state index is -0.413. The number of phenols is 1. The van der Waals surface area contributed by atoms with Crippen LogP contribution in [0.4, 0.5) is 0 Å². The highest BCUT2D eigenvalue weighted by molar-refractivity contribution is 9.10. The number of aromatic hydroxyl groups is 1. The number of carbonyl (C=O) groups excluding carboxylic acids is 1. The van der Waals surface area contributed by atoms with E-state index in [2.05, 4.69) is 36.7 Å². The molecule has 0 bridgehead atoms. The van der Waals surface area contributed by atoms with Gasteiger partial charge in [-0.05, 0) is 30.2 Å². The molecule has 0 saturated heterocycles. The van der Waals surface area contributed by atoms with Crippen molar-refractivity contribution in [2.75, 3.05) is 0 Å². The highest BCUT2D eigenvalue weighted by Gasteiger charge is 2.11. The van der Waals surface area contributed by atoms with Gasteiger partial charge < -0.3 is 5.11 Å². The Hall–Kier alpha value is -2.15.